The zero-order valence-corrected chi connectivity index (χ0v) is 21.9. The monoisotopic (exact) mass is 472 g/mol. The summed E-state index contributed by atoms with van der Waals surface area (Å²) in [6.07, 6.45) is 7.68. The van der Waals surface area contributed by atoms with Crippen LogP contribution in [-0.2, 0) is 0 Å². The maximum Gasteiger partial charge on any atom is 0.118 e. The Kier molecular flexibility index (Phi) is 9.07. The molecule has 0 aliphatic rings. The summed E-state index contributed by atoms with van der Waals surface area (Å²) in [7, 11) is 2.00. The number of nitrogens with one attached hydrogen (secondary N) is 1. The van der Waals surface area contributed by atoms with Crippen molar-refractivity contribution in [3.8, 4) is 0 Å². The summed E-state index contributed by atoms with van der Waals surface area (Å²) in [5.74, 6) is 0.917. The first-order valence-electron chi connectivity index (χ1n) is 12.1. The lowest BCUT2D eigenvalue weighted by molar-refractivity contribution is 0.532. The molecule has 36 heavy (non-hydrogen) atoms. The fraction of sp³-hybridized carbons (Fsp3) is 0.118. The molecule has 0 amide bonds. The molecule has 3 aromatic rings. The first-order valence-corrected chi connectivity index (χ1v) is 12.1. The van der Waals surface area contributed by atoms with Gasteiger partial charge in [0.2, 0.25) is 0 Å². The average molecular weight is 473 g/mol. The number of rotatable bonds is 10. The van der Waals surface area contributed by atoms with Gasteiger partial charge in [0.05, 0.1) is 0 Å². The van der Waals surface area contributed by atoms with E-state index >= 15 is 0 Å². The maximum absolute atomic E-state index is 4.51. The van der Waals surface area contributed by atoms with Crippen LogP contribution in [0.3, 0.4) is 0 Å². The second-order valence-corrected chi connectivity index (χ2v) is 8.77. The second kappa shape index (κ2) is 12.4. The van der Waals surface area contributed by atoms with Gasteiger partial charge in [-0.1, -0.05) is 111 Å². The fourth-order valence-corrected chi connectivity index (χ4v) is 3.97. The van der Waals surface area contributed by atoms with Gasteiger partial charge in [-0.15, -0.1) is 0 Å². The Hall–Kier alpha value is -4.30. The van der Waals surface area contributed by atoms with Gasteiger partial charge in [-0.25, -0.2) is 0 Å². The maximum atomic E-state index is 4.51. The van der Waals surface area contributed by atoms with Crippen molar-refractivity contribution in [2.45, 2.75) is 20.8 Å². The number of aryl methyl sites for hydroxylation is 1. The molecule has 0 atom stereocenters. The Morgan fingerprint density at radius 2 is 1.44 bits per heavy atom. The quantitative estimate of drug-likeness (QED) is 0.297. The zero-order valence-electron chi connectivity index (χ0n) is 21.9. The van der Waals surface area contributed by atoms with Crippen LogP contribution in [0.4, 0.5) is 0 Å². The van der Waals surface area contributed by atoms with Crippen LogP contribution >= 0.6 is 0 Å². The number of allylic oxidation sites excluding steroid dienone is 6. The molecule has 0 aromatic heterocycles. The highest BCUT2D eigenvalue weighted by molar-refractivity contribution is 6.05. The van der Waals surface area contributed by atoms with Gasteiger partial charge in [0.25, 0.3) is 0 Å². The number of hydrogen-bond donors (Lipinski definition) is 1. The summed E-state index contributed by atoms with van der Waals surface area (Å²) in [6, 6.07) is 27.2. The Labute approximate surface area is 217 Å². The predicted molar refractivity (Wildman–Crippen MR) is 159 cm³/mol. The molecule has 2 heteroatoms. The lowest BCUT2D eigenvalue weighted by atomic mass is 9.93. The molecule has 182 valence electrons. The minimum Gasteiger partial charge on any atom is -0.345 e. The number of benzene rings is 3. The Morgan fingerprint density at radius 3 is 2.03 bits per heavy atom. The normalized spacial score (nSPS) is 12.4. The van der Waals surface area contributed by atoms with Crippen LogP contribution in [0.2, 0.25) is 0 Å². The number of nitrogens with zero attached hydrogens (tertiary/aromatic N) is 1. The van der Waals surface area contributed by atoms with Crippen LogP contribution in [0.25, 0.3) is 22.8 Å². The molecule has 0 aliphatic heterocycles. The summed E-state index contributed by atoms with van der Waals surface area (Å²) >= 11 is 0. The highest BCUT2D eigenvalue weighted by Crippen LogP contribution is 2.33. The molecular weight excluding hydrogens is 436 g/mol. The average Bonchev–Trinajstić information content (AvgIpc) is 2.92. The van der Waals surface area contributed by atoms with Crippen LogP contribution in [0.1, 0.15) is 41.7 Å². The van der Waals surface area contributed by atoms with Crippen molar-refractivity contribution in [3.05, 3.63) is 156 Å². The van der Waals surface area contributed by atoms with Gasteiger partial charge in [-0.3, -0.25) is 0 Å². The van der Waals surface area contributed by atoms with E-state index < -0.39 is 0 Å². The second-order valence-electron chi connectivity index (χ2n) is 8.77. The number of hydrogen-bond acceptors (Lipinski definition) is 2. The molecular formula is C34H36N2. The molecule has 3 rings (SSSR count). The van der Waals surface area contributed by atoms with Gasteiger partial charge in [-0.2, -0.15) is 0 Å². The van der Waals surface area contributed by atoms with Crippen LogP contribution < -0.4 is 5.32 Å². The third-order valence-electron chi connectivity index (χ3n) is 6.34. The Bertz CT molecular complexity index is 1320. The summed E-state index contributed by atoms with van der Waals surface area (Å²) in [5.41, 5.74) is 9.91. The predicted octanol–water partition coefficient (Wildman–Crippen LogP) is 8.69. The van der Waals surface area contributed by atoms with Gasteiger partial charge in [0.1, 0.15) is 5.82 Å². The van der Waals surface area contributed by atoms with E-state index in [9.17, 15) is 0 Å². The standard InChI is InChI=1S/C34H36N2/c1-8-10-17-31-24-32(23-22-25(31)3)26(4)28(6)35-34(36(7)9-2)33(30-20-15-12-16-21-30)27(5)29-18-13-11-14-19-29/h8-24,35H,1-2,5H2,3-4,6-7H3/b17-10-,28-26+,34-33+. The fourth-order valence-electron chi connectivity index (χ4n) is 3.97. The van der Waals surface area contributed by atoms with Gasteiger partial charge in [0, 0.05) is 18.3 Å². The first-order chi connectivity index (χ1) is 17.4. The molecule has 0 radical (unpaired) electrons. The Morgan fingerprint density at radius 1 is 0.833 bits per heavy atom. The minimum absolute atomic E-state index is 0.917. The van der Waals surface area contributed by atoms with Crippen molar-refractivity contribution >= 4 is 22.8 Å². The van der Waals surface area contributed by atoms with E-state index in [0.29, 0.717) is 0 Å². The SMILES string of the molecule is C=C/C=C\c1cc(/C(C)=C(\C)N/C(=C(/C(=C)c2ccccc2)c2ccccc2)N(C)C=C)ccc1C. The molecule has 0 bridgehead atoms. The lowest BCUT2D eigenvalue weighted by Gasteiger charge is -2.27. The molecule has 0 unspecified atom stereocenters. The summed E-state index contributed by atoms with van der Waals surface area (Å²) in [4.78, 5) is 2.01. The lowest BCUT2D eigenvalue weighted by Crippen LogP contribution is -2.26. The van der Waals surface area contributed by atoms with Crippen LogP contribution in [-0.4, -0.2) is 11.9 Å². The van der Waals surface area contributed by atoms with Gasteiger partial charge >= 0.3 is 0 Å². The highest BCUT2D eigenvalue weighted by Gasteiger charge is 2.18. The topological polar surface area (TPSA) is 15.3 Å². The molecule has 0 saturated heterocycles. The van der Waals surface area contributed by atoms with E-state index in [1.165, 1.54) is 11.1 Å². The Balaban J connectivity index is 2.17. The van der Waals surface area contributed by atoms with Gasteiger partial charge in [-0.05, 0) is 72.0 Å². The third kappa shape index (κ3) is 6.22. The van der Waals surface area contributed by atoms with E-state index in [4.69, 9.17) is 0 Å². The van der Waals surface area contributed by atoms with E-state index in [1.807, 2.05) is 48.5 Å². The molecule has 3 aromatic carbocycles. The zero-order chi connectivity index (χ0) is 26.1. The van der Waals surface area contributed by atoms with Crippen LogP contribution in [0, 0.1) is 6.92 Å². The third-order valence-corrected chi connectivity index (χ3v) is 6.34. The van der Waals surface area contributed by atoms with Crippen molar-refractivity contribution in [2.24, 2.45) is 0 Å². The molecule has 0 heterocycles. The molecule has 0 fully saturated rings. The highest BCUT2D eigenvalue weighted by atomic mass is 15.2. The first kappa shape index (κ1) is 26.3. The van der Waals surface area contributed by atoms with Crippen LogP contribution in [0.15, 0.2) is 128 Å². The molecule has 2 nitrogen and oxygen atoms in total. The van der Waals surface area contributed by atoms with Crippen molar-refractivity contribution < 1.29 is 0 Å². The molecule has 0 spiro atoms. The summed E-state index contributed by atoms with van der Waals surface area (Å²) < 4.78 is 0. The summed E-state index contributed by atoms with van der Waals surface area (Å²) in [5, 5.41) is 3.71. The minimum atomic E-state index is 0.917. The van der Waals surface area contributed by atoms with Crippen molar-refractivity contribution in [1.82, 2.24) is 10.2 Å². The largest absolute Gasteiger partial charge is 0.345 e. The van der Waals surface area contributed by atoms with E-state index in [-0.39, 0.29) is 0 Å². The smallest absolute Gasteiger partial charge is 0.118 e. The van der Waals surface area contributed by atoms with Crippen molar-refractivity contribution in [1.29, 1.82) is 0 Å². The van der Waals surface area contributed by atoms with Gasteiger partial charge in [0.15, 0.2) is 0 Å². The van der Waals surface area contributed by atoms with Gasteiger partial charge < -0.3 is 10.2 Å². The van der Waals surface area contributed by atoms with E-state index in [1.54, 1.807) is 6.08 Å². The van der Waals surface area contributed by atoms with Crippen molar-refractivity contribution in [2.75, 3.05) is 7.05 Å². The molecule has 1 N–H and O–H groups in total. The molecule has 0 saturated carbocycles. The van der Waals surface area contributed by atoms with E-state index in [0.717, 1.165) is 44.9 Å². The summed E-state index contributed by atoms with van der Waals surface area (Å²) in [6.45, 7) is 18.7. The van der Waals surface area contributed by atoms with Crippen molar-refractivity contribution in [3.63, 3.8) is 0 Å². The molecule has 0 aliphatic carbocycles. The van der Waals surface area contributed by atoms with E-state index in [2.05, 4.69) is 106 Å². The van der Waals surface area contributed by atoms with Crippen LogP contribution in [0.5, 0.6) is 0 Å².